The largest absolute Gasteiger partial charge is 0.396 e. The average molecular weight is 239 g/mol. The fourth-order valence-corrected chi connectivity index (χ4v) is 4.40. The minimum absolute atomic E-state index is 0.155. The summed E-state index contributed by atoms with van der Waals surface area (Å²) < 4.78 is 0. The van der Waals surface area contributed by atoms with E-state index in [4.69, 9.17) is 0 Å². The zero-order chi connectivity index (χ0) is 11.9. The highest BCUT2D eigenvalue weighted by molar-refractivity contribution is 5.09. The molecule has 98 valence electrons. The van der Waals surface area contributed by atoms with Gasteiger partial charge in [-0.15, -0.1) is 0 Å². The molecule has 0 aromatic rings. The van der Waals surface area contributed by atoms with Crippen LogP contribution in [0.2, 0.25) is 0 Å². The van der Waals surface area contributed by atoms with E-state index >= 15 is 0 Å². The minimum atomic E-state index is -0.281. The van der Waals surface area contributed by atoms with Crippen LogP contribution < -0.4 is 0 Å². The number of rotatable bonds is 2. The Morgan fingerprint density at radius 2 is 1.65 bits per heavy atom. The topological polar surface area (TPSA) is 43.7 Å². The maximum atomic E-state index is 10.4. The highest BCUT2D eigenvalue weighted by atomic mass is 16.3. The van der Waals surface area contributed by atoms with Gasteiger partial charge in [0.15, 0.2) is 0 Å². The lowest BCUT2D eigenvalue weighted by Gasteiger charge is -2.60. The molecular formula is C14H25NO2. The van der Waals surface area contributed by atoms with Gasteiger partial charge in [-0.05, 0) is 58.0 Å². The third kappa shape index (κ3) is 1.74. The summed E-state index contributed by atoms with van der Waals surface area (Å²) in [7, 11) is 0. The lowest BCUT2D eigenvalue weighted by molar-refractivity contribution is -0.153. The summed E-state index contributed by atoms with van der Waals surface area (Å²) >= 11 is 0. The van der Waals surface area contributed by atoms with Crippen LogP contribution in [0.1, 0.15) is 51.4 Å². The Hall–Kier alpha value is -0.120. The lowest BCUT2D eigenvalue weighted by Crippen LogP contribution is -2.63. The van der Waals surface area contributed by atoms with Crippen LogP contribution in [0.15, 0.2) is 0 Å². The summed E-state index contributed by atoms with van der Waals surface area (Å²) in [6.45, 7) is 2.61. The van der Waals surface area contributed by atoms with Crippen LogP contribution in [-0.2, 0) is 0 Å². The molecule has 0 unspecified atom stereocenters. The average Bonchev–Trinajstić information content (AvgIpc) is 2.41. The quantitative estimate of drug-likeness (QED) is 0.768. The summed E-state index contributed by atoms with van der Waals surface area (Å²) in [6.07, 6.45) is 9.03. The molecule has 0 spiro atoms. The second-order valence-electron chi connectivity index (χ2n) is 6.51. The molecule has 17 heavy (non-hydrogen) atoms. The SMILES string of the molecule is OCC12CCC(N3CCCCC3)(CC1)C[C@@H]2O. The fraction of sp³-hybridized carbons (Fsp3) is 1.00. The van der Waals surface area contributed by atoms with Gasteiger partial charge in [-0.25, -0.2) is 0 Å². The highest BCUT2D eigenvalue weighted by Gasteiger charge is 2.55. The van der Waals surface area contributed by atoms with Crippen molar-refractivity contribution >= 4 is 0 Å². The summed E-state index contributed by atoms with van der Waals surface area (Å²) in [5, 5.41) is 19.9. The first kappa shape index (κ1) is 11.9. The molecule has 0 aromatic carbocycles. The second kappa shape index (κ2) is 4.22. The van der Waals surface area contributed by atoms with Crippen molar-refractivity contribution in [3.05, 3.63) is 0 Å². The van der Waals surface area contributed by atoms with Gasteiger partial charge >= 0.3 is 0 Å². The first-order valence-corrected chi connectivity index (χ1v) is 7.25. The molecule has 4 rings (SSSR count). The summed E-state index contributed by atoms with van der Waals surface area (Å²) in [6, 6.07) is 0. The zero-order valence-corrected chi connectivity index (χ0v) is 10.7. The molecule has 3 heteroatoms. The first-order chi connectivity index (χ1) is 8.21. The molecule has 3 nitrogen and oxygen atoms in total. The molecule has 4 fully saturated rings. The predicted octanol–water partition coefficient (Wildman–Crippen LogP) is 1.53. The van der Waals surface area contributed by atoms with Gasteiger partial charge in [-0.1, -0.05) is 6.42 Å². The van der Waals surface area contributed by atoms with Gasteiger partial charge in [0.2, 0.25) is 0 Å². The van der Waals surface area contributed by atoms with Gasteiger partial charge in [0.05, 0.1) is 12.7 Å². The van der Waals surface area contributed by atoms with E-state index < -0.39 is 0 Å². The van der Waals surface area contributed by atoms with Crippen molar-refractivity contribution in [2.45, 2.75) is 63.0 Å². The van der Waals surface area contributed by atoms with Crippen molar-refractivity contribution in [1.29, 1.82) is 0 Å². The number of piperidine rings is 1. The van der Waals surface area contributed by atoms with Crippen LogP contribution in [0.4, 0.5) is 0 Å². The van der Waals surface area contributed by atoms with E-state index in [1.165, 1.54) is 45.2 Å². The minimum Gasteiger partial charge on any atom is -0.396 e. The van der Waals surface area contributed by atoms with Crippen LogP contribution >= 0.6 is 0 Å². The van der Waals surface area contributed by atoms with E-state index in [1.807, 2.05) is 0 Å². The van der Waals surface area contributed by atoms with Crippen LogP contribution in [0.5, 0.6) is 0 Å². The molecule has 2 N–H and O–H groups in total. The van der Waals surface area contributed by atoms with Crippen molar-refractivity contribution in [2.75, 3.05) is 19.7 Å². The fourth-order valence-electron chi connectivity index (χ4n) is 4.40. The van der Waals surface area contributed by atoms with Crippen LogP contribution in [0, 0.1) is 5.41 Å². The first-order valence-electron chi connectivity index (χ1n) is 7.25. The molecule has 0 radical (unpaired) electrons. The standard InChI is InChI=1S/C14H25NO2/c16-11-13-4-6-14(7-5-13,10-12(13)17)15-8-2-1-3-9-15/h12,16-17H,1-11H2/t12-,13?,14?/m0/s1. The Morgan fingerprint density at radius 3 is 2.18 bits per heavy atom. The van der Waals surface area contributed by atoms with Crippen molar-refractivity contribution < 1.29 is 10.2 Å². The van der Waals surface area contributed by atoms with Gasteiger partial charge in [0.25, 0.3) is 0 Å². The van der Waals surface area contributed by atoms with Crippen LogP contribution in [0.3, 0.4) is 0 Å². The molecule has 1 heterocycles. The van der Waals surface area contributed by atoms with Crippen LogP contribution in [-0.4, -0.2) is 46.5 Å². The molecule has 3 saturated carbocycles. The molecule has 4 aliphatic rings. The van der Waals surface area contributed by atoms with Gasteiger partial charge in [-0.3, -0.25) is 4.90 Å². The zero-order valence-electron chi connectivity index (χ0n) is 10.7. The molecule has 0 aromatic heterocycles. The maximum absolute atomic E-state index is 10.4. The van der Waals surface area contributed by atoms with Crippen molar-refractivity contribution in [3.63, 3.8) is 0 Å². The molecule has 1 atom stereocenters. The van der Waals surface area contributed by atoms with Gasteiger partial charge in [0.1, 0.15) is 0 Å². The molecule has 0 amide bonds. The van der Waals surface area contributed by atoms with Gasteiger partial charge < -0.3 is 10.2 Å². The monoisotopic (exact) mass is 239 g/mol. The smallest absolute Gasteiger partial charge is 0.0636 e. The molecule has 2 bridgehead atoms. The number of hydrogen-bond donors (Lipinski definition) is 2. The van der Waals surface area contributed by atoms with E-state index in [9.17, 15) is 10.2 Å². The summed E-state index contributed by atoms with van der Waals surface area (Å²) in [5.74, 6) is 0. The van der Waals surface area contributed by atoms with Crippen molar-refractivity contribution in [1.82, 2.24) is 4.90 Å². The van der Waals surface area contributed by atoms with Crippen molar-refractivity contribution in [3.8, 4) is 0 Å². The molecule has 3 aliphatic carbocycles. The third-order valence-corrected chi connectivity index (χ3v) is 5.80. The highest BCUT2D eigenvalue weighted by Crippen LogP contribution is 2.54. The maximum Gasteiger partial charge on any atom is 0.0636 e. The van der Waals surface area contributed by atoms with E-state index in [1.54, 1.807) is 0 Å². The Morgan fingerprint density at radius 1 is 1.00 bits per heavy atom. The van der Waals surface area contributed by atoms with Gasteiger partial charge in [-0.2, -0.15) is 0 Å². The normalized spacial score (nSPS) is 47.3. The Balaban J connectivity index is 1.77. The van der Waals surface area contributed by atoms with Crippen molar-refractivity contribution in [2.24, 2.45) is 5.41 Å². The van der Waals surface area contributed by atoms with E-state index in [0.29, 0.717) is 0 Å². The Labute approximate surface area is 104 Å². The second-order valence-corrected chi connectivity index (χ2v) is 6.51. The summed E-state index contributed by atoms with van der Waals surface area (Å²) in [5.41, 5.74) is 0.119. The number of hydrogen-bond acceptors (Lipinski definition) is 3. The molecular weight excluding hydrogens is 214 g/mol. The van der Waals surface area contributed by atoms with E-state index in [-0.39, 0.29) is 23.7 Å². The van der Waals surface area contributed by atoms with Crippen LogP contribution in [0.25, 0.3) is 0 Å². The number of aliphatic hydroxyl groups excluding tert-OH is 2. The molecule has 1 aliphatic heterocycles. The number of fused-ring (bicyclic) bond motifs is 3. The number of likely N-dealkylation sites (tertiary alicyclic amines) is 1. The Bertz CT molecular complexity index is 278. The van der Waals surface area contributed by atoms with E-state index in [0.717, 1.165) is 19.3 Å². The van der Waals surface area contributed by atoms with E-state index in [2.05, 4.69) is 4.90 Å². The lowest BCUT2D eigenvalue weighted by atomic mass is 9.55. The number of nitrogens with zero attached hydrogens (tertiary/aromatic N) is 1. The molecule has 1 saturated heterocycles. The number of aliphatic hydroxyl groups is 2. The predicted molar refractivity (Wildman–Crippen MR) is 66.8 cm³/mol. The third-order valence-electron chi connectivity index (χ3n) is 5.80. The summed E-state index contributed by atoms with van der Waals surface area (Å²) in [4.78, 5) is 2.65. The Kier molecular flexibility index (Phi) is 2.96. The van der Waals surface area contributed by atoms with Gasteiger partial charge in [0, 0.05) is 11.0 Å².